The number of rotatable bonds is 37. The van der Waals surface area contributed by atoms with Gasteiger partial charge < -0.3 is 18.9 Å². The van der Waals surface area contributed by atoms with Crippen LogP contribution in [0.25, 0.3) is 83.7 Å². The Balaban J connectivity index is 1.11. The molecule has 5 aromatic heterocycles. The Morgan fingerprint density at radius 2 is 0.882 bits per heavy atom. The fourth-order valence-corrected chi connectivity index (χ4v) is 27.4. The van der Waals surface area contributed by atoms with Gasteiger partial charge in [0.15, 0.2) is 0 Å². The van der Waals surface area contributed by atoms with Crippen molar-refractivity contribution in [3.05, 3.63) is 106 Å². The number of benzene rings is 4. The molecule has 8 nitrogen and oxygen atoms in total. The number of unbranched alkanes of at least 4 members (excludes halogenated alkanes) is 14. The van der Waals surface area contributed by atoms with Gasteiger partial charge in [0.05, 0.1) is 26.4 Å². The Morgan fingerprint density at radius 1 is 0.462 bits per heavy atom. The van der Waals surface area contributed by atoms with Gasteiger partial charge in [-0.1, -0.05) is 218 Å². The van der Waals surface area contributed by atoms with Gasteiger partial charge in [-0.15, -0.1) is 45.3 Å². The standard InChI is InChI=1S/C78H98F2N2O6S4Si/c1-9-15-19-21-23-25-31-41-85-77(83)87-43-39-55-46-61(90-52(55)8)68-66-59-37-29-27-35-57(59)58-36-28-30-38-60(58)67(66)69(71-70(68)81-75(79)76(80)82-71)62-47-56(40-44-88-78(84)86-42-32-26-24-22-20-16-10-2)72(91-62)63-48-65-74(92-63)73-64(45-51(7)89-73)93(65,49-53(13-5)33-17-11-3)50-54(14-6)34-18-12-4/h27-30,35-38,45-48,53-54H,9-26,31-34,39-44,49-50H2,1-8H3. The molecule has 0 saturated carbocycles. The molecule has 15 heteroatoms. The number of carbonyl (C=O) groups is 2. The number of aromatic nitrogens is 2. The van der Waals surface area contributed by atoms with Crippen LogP contribution < -0.4 is 10.4 Å². The molecule has 1 aliphatic rings. The van der Waals surface area contributed by atoms with E-state index < -0.39 is 32.3 Å². The van der Waals surface area contributed by atoms with Gasteiger partial charge in [-0.05, 0) is 118 Å². The van der Waals surface area contributed by atoms with E-state index in [1.807, 2.05) is 47.8 Å². The molecule has 9 aromatic rings. The van der Waals surface area contributed by atoms with Crippen molar-refractivity contribution in [3.8, 4) is 40.4 Å². The maximum Gasteiger partial charge on any atom is 0.508 e. The average molecular weight is 1350 g/mol. The SMILES string of the molecule is CCCCCCCCCOC(=O)OCCc1cc(-c2c3nc(F)c(F)nc3c(-c3cc(CCOC(=O)OCCCCCCCCC)c(-c4cc5c(s4)-c4sc(C)cc4[Si]5(CC(CC)CCCC)CC(CC)CCCC)s3)c3c4ccccc4c4ccccc4c23)sc1C. The maximum atomic E-state index is 16.5. The molecule has 0 fully saturated rings. The Hall–Kier alpha value is -5.58. The third-order valence-electron chi connectivity index (χ3n) is 19.6. The summed E-state index contributed by atoms with van der Waals surface area (Å²) < 4.78 is 55.6. The highest BCUT2D eigenvalue weighted by Crippen LogP contribution is 2.54. The van der Waals surface area contributed by atoms with E-state index in [-0.39, 0.29) is 24.2 Å². The minimum Gasteiger partial charge on any atom is -0.434 e. The van der Waals surface area contributed by atoms with Crippen LogP contribution in [-0.2, 0) is 31.8 Å². The molecule has 4 aromatic carbocycles. The van der Waals surface area contributed by atoms with Crippen LogP contribution in [0, 0.1) is 37.6 Å². The molecule has 93 heavy (non-hydrogen) atoms. The topological polar surface area (TPSA) is 96.8 Å². The number of halogens is 2. The molecule has 2 atom stereocenters. The normalized spacial score (nSPS) is 14.4. The van der Waals surface area contributed by atoms with E-state index >= 15 is 8.78 Å². The van der Waals surface area contributed by atoms with Crippen LogP contribution in [0.4, 0.5) is 18.4 Å². The number of hydrogen-bond donors (Lipinski definition) is 0. The molecule has 2 unspecified atom stereocenters. The Bertz CT molecular complexity index is 3960. The molecule has 498 valence electrons. The van der Waals surface area contributed by atoms with E-state index in [9.17, 15) is 9.59 Å². The lowest BCUT2D eigenvalue weighted by Crippen LogP contribution is -2.56. The minimum atomic E-state index is -2.36. The van der Waals surface area contributed by atoms with Gasteiger partial charge in [0, 0.05) is 73.8 Å². The first-order valence-corrected chi connectivity index (χ1v) is 41.0. The molecule has 1 aliphatic heterocycles. The van der Waals surface area contributed by atoms with E-state index in [1.165, 1.54) is 134 Å². The first kappa shape index (κ1) is 70.2. The summed E-state index contributed by atoms with van der Waals surface area (Å²) in [6.45, 7) is 19.1. The van der Waals surface area contributed by atoms with Gasteiger partial charge in [0.25, 0.3) is 11.9 Å². The van der Waals surface area contributed by atoms with Gasteiger partial charge in [0.2, 0.25) is 0 Å². The number of aryl methyl sites for hydroxylation is 2. The molecular weight excluding hydrogens is 1260 g/mol. The van der Waals surface area contributed by atoms with Crippen molar-refractivity contribution < 1.29 is 37.3 Å². The number of ether oxygens (including phenoxy) is 4. The molecule has 0 radical (unpaired) electrons. The van der Waals surface area contributed by atoms with E-state index in [0.29, 0.717) is 49.0 Å². The third-order valence-corrected chi connectivity index (χ3v) is 30.2. The van der Waals surface area contributed by atoms with Gasteiger partial charge in [-0.2, -0.15) is 8.78 Å². The van der Waals surface area contributed by atoms with Crippen LogP contribution in [0.15, 0.2) is 72.8 Å². The van der Waals surface area contributed by atoms with Crippen molar-refractivity contribution in [1.29, 1.82) is 0 Å². The molecule has 6 heterocycles. The zero-order valence-corrected chi connectivity index (χ0v) is 60.8. The van der Waals surface area contributed by atoms with Crippen molar-refractivity contribution in [1.82, 2.24) is 9.97 Å². The van der Waals surface area contributed by atoms with E-state index in [1.54, 1.807) is 33.0 Å². The lowest BCUT2D eigenvalue weighted by atomic mass is 9.86. The summed E-state index contributed by atoms with van der Waals surface area (Å²) in [7, 11) is -2.36. The lowest BCUT2D eigenvalue weighted by molar-refractivity contribution is 0.0539. The molecule has 0 N–H and O–H groups in total. The van der Waals surface area contributed by atoms with Crippen LogP contribution in [-0.4, -0.2) is 56.8 Å². The van der Waals surface area contributed by atoms with Crippen molar-refractivity contribution in [3.63, 3.8) is 0 Å². The number of hydrogen-bond acceptors (Lipinski definition) is 12. The summed E-state index contributed by atoms with van der Waals surface area (Å²) in [6, 6.07) is 28.7. The Morgan fingerprint density at radius 3 is 1.39 bits per heavy atom. The van der Waals surface area contributed by atoms with Crippen molar-refractivity contribution >= 4 is 119 Å². The second-order valence-corrected chi connectivity index (χ2v) is 34.8. The summed E-state index contributed by atoms with van der Waals surface area (Å²) in [6.07, 6.45) is 24.8. The van der Waals surface area contributed by atoms with Crippen LogP contribution in [0.3, 0.4) is 0 Å². The molecule has 0 bridgehead atoms. The summed E-state index contributed by atoms with van der Waals surface area (Å²) >= 11 is 7.09. The zero-order valence-electron chi connectivity index (χ0n) is 56.5. The van der Waals surface area contributed by atoms with Crippen molar-refractivity contribution in [2.75, 3.05) is 26.4 Å². The predicted molar refractivity (Wildman–Crippen MR) is 394 cm³/mol. The smallest absolute Gasteiger partial charge is 0.434 e. The molecule has 0 saturated heterocycles. The first-order valence-electron chi connectivity index (χ1n) is 35.4. The largest absolute Gasteiger partial charge is 0.508 e. The molecule has 0 amide bonds. The van der Waals surface area contributed by atoms with Gasteiger partial charge >= 0.3 is 12.3 Å². The maximum absolute atomic E-state index is 16.5. The van der Waals surface area contributed by atoms with Gasteiger partial charge in [-0.25, -0.2) is 19.6 Å². The zero-order chi connectivity index (χ0) is 65.4. The van der Waals surface area contributed by atoms with Crippen LogP contribution in [0.1, 0.15) is 204 Å². The van der Waals surface area contributed by atoms with Crippen molar-refractivity contribution in [2.24, 2.45) is 11.8 Å². The monoisotopic (exact) mass is 1350 g/mol. The molecular formula is C78H98F2N2O6S4Si. The van der Waals surface area contributed by atoms with Crippen molar-refractivity contribution in [2.45, 2.75) is 222 Å². The highest BCUT2D eigenvalue weighted by Gasteiger charge is 2.50. The van der Waals surface area contributed by atoms with Gasteiger partial charge in [-0.3, -0.25) is 0 Å². The summed E-state index contributed by atoms with van der Waals surface area (Å²) in [4.78, 5) is 44.6. The summed E-state index contributed by atoms with van der Waals surface area (Å²) in [5, 5.41) is 8.90. The minimum absolute atomic E-state index is 0.0987. The quantitative estimate of drug-likeness (QED) is 0.0125. The second-order valence-electron chi connectivity index (χ2n) is 26.2. The number of fused-ring (bicyclic) bond motifs is 10. The van der Waals surface area contributed by atoms with E-state index in [4.69, 9.17) is 18.9 Å². The molecule has 0 aliphatic carbocycles. The van der Waals surface area contributed by atoms with Crippen LogP contribution in [0.5, 0.6) is 0 Å². The fourth-order valence-electron chi connectivity index (χ4n) is 14.6. The third kappa shape index (κ3) is 16.3. The van der Waals surface area contributed by atoms with Gasteiger partial charge in [0.1, 0.15) is 19.1 Å². The number of thiophene rings is 4. The average Bonchev–Trinajstić information content (AvgIpc) is 1.70. The Kier molecular flexibility index (Phi) is 25.6. The summed E-state index contributed by atoms with van der Waals surface area (Å²) in [5.41, 5.74) is 3.82. The van der Waals surface area contributed by atoms with E-state index in [0.717, 1.165) is 101 Å². The lowest BCUT2D eigenvalue weighted by Gasteiger charge is -2.35. The number of nitrogens with zero attached hydrogens (tertiary/aromatic N) is 2. The molecule has 0 spiro atoms. The second kappa shape index (κ2) is 33.9. The van der Waals surface area contributed by atoms with Crippen LogP contribution >= 0.6 is 45.3 Å². The highest BCUT2D eigenvalue weighted by atomic mass is 32.1. The molecule has 10 rings (SSSR count). The summed E-state index contributed by atoms with van der Waals surface area (Å²) in [5.74, 6) is -1.28. The van der Waals surface area contributed by atoms with E-state index in [2.05, 4.69) is 113 Å². The number of carbonyl (C=O) groups excluding carboxylic acids is 2. The van der Waals surface area contributed by atoms with Crippen LogP contribution in [0.2, 0.25) is 12.1 Å². The Labute approximate surface area is 568 Å². The fraction of sp³-hybridized carbons (Fsp3) is 0.513. The first-order chi connectivity index (χ1) is 45.4. The predicted octanol–water partition coefficient (Wildman–Crippen LogP) is 24.1. The highest BCUT2D eigenvalue weighted by molar-refractivity contribution is 7.32.